The van der Waals surface area contributed by atoms with Crippen molar-refractivity contribution in [3.8, 4) is 11.3 Å². The van der Waals surface area contributed by atoms with Gasteiger partial charge >= 0.3 is 0 Å². The van der Waals surface area contributed by atoms with Crippen LogP contribution in [0.15, 0.2) is 24.3 Å². The molecule has 0 atom stereocenters. The Morgan fingerprint density at radius 3 is 2.38 bits per heavy atom. The largest absolute Gasteiger partial charge is 0.358 e. The number of H-pyrrole nitrogens is 1. The number of hydrogen-bond donors (Lipinski definition) is 2. The zero-order chi connectivity index (χ0) is 11.7. The number of nitrogens with two attached hydrogens (primary N) is 1. The summed E-state index contributed by atoms with van der Waals surface area (Å²) in [6.07, 6.45) is 0. The first kappa shape index (κ1) is 11.0. The maximum atomic E-state index is 5.68. The van der Waals surface area contributed by atoms with Gasteiger partial charge < -0.3 is 10.7 Å². The van der Waals surface area contributed by atoms with E-state index < -0.39 is 0 Å². The van der Waals surface area contributed by atoms with E-state index in [2.05, 4.69) is 50.0 Å². The maximum Gasteiger partial charge on any atom is 0.0459 e. The van der Waals surface area contributed by atoms with Gasteiger partial charge in [0.2, 0.25) is 0 Å². The molecule has 2 nitrogen and oxygen atoms in total. The summed E-state index contributed by atoms with van der Waals surface area (Å²) in [7, 11) is 0. The predicted molar refractivity (Wildman–Crippen MR) is 68.3 cm³/mol. The van der Waals surface area contributed by atoms with Crippen LogP contribution in [0.25, 0.3) is 11.3 Å². The van der Waals surface area contributed by atoms with Gasteiger partial charge in [-0.3, -0.25) is 0 Å². The smallest absolute Gasteiger partial charge is 0.0459 e. The Bertz CT molecular complexity index is 509. The van der Waals surface area contributed by atoms with Crippen molar-refractivity contribution < 1.29 is 0 Å². The third-order valence-electron chi connectivity index (χ3n) is 3.16. The van der Waals surface area contributed by atoms with E-state index in [1.807, 2.05) is 0 Å². The zero-order valence-electron chi connectivity index (χ0n) is 10.1. The molecule has 0 bridgehead atoms. The van der Waals surface area contributed by atoms with E-state index in [1.54, 1.807) is 0 Å². The Hall–Kier alpha value is -1.54. The highest BCUT2D eigenvalue weighted by molar-refractivity contribution is 5.63. The van der Waals surface area contributed by atoms with Crippen LogP contribution in [0, 0.1) is 20.8 Å². The maximum absolute atomic E-state index is 5.68. The third-order valence-corrected chi connectivity index (χ3v) is 3.16. The monoisotopic (exact) mass is 214 g/mol. The molecule has 0 aliphatic rings. The van der Waals surface area contributed by atoms with Crippen LogP contribution in [0.5, 0.6) is 0 Å². The topological polar surface area (TPSA) is 41.8 Å². The molecule has 16 heavy (non-hydrogen) atoms. The number of aromatic amines is 1. The van der Waals surface area contributed by atoms with E-state index in [4.69, 9.17) is 5.73 Å². The minimum absolute atomic E-state index is 0.590. The zero-order valence-corrected chi connectivity index (χ0v) is 10.1. The molecule has 1 aromatic heterocycles. The van der Waals surface area contributed by atoms with Crippen molar-refractivity contribution in [2.45, 2.75) is 27.3 Å². The standard InChI is InChI=1S/C14H18N2/c1-9-4-5-12(6-10(9)2)14-7-13(8-15)11(3)16-14/h4-7,16H,8,15H2,1-3H3. The molecule has 3 N–H and O–H groups in total. The normalized spacial score (nSPS) is 10.8. The number of benzene rings is 1. The third kappa shape index (κ3) is 1.89. The van der Waals surface area contributed by atoms with Gasteiger partial charge in [0.05, 0.1) is 0 Å². The Kier molecular flexibility index (Phi) is 2.84. The quantitative estimate of drug-likeness (QED) is 0.792. The number of rotatable bonds is 2. The van der Waals surface area contributed by atoms with Crippen LogP contribution in [0.4, 0.5) is 0 Å². The van der Waals surface area contributed by atoms with Gasteiger partial charge in [0.15, 0.2) is 0 Å². The molecule has 2 rings (SSSR count). The van der Waals surface area contributed by atoms with Crippen LogP contribution < -0.4 is 5.73 Å². The van der Waals surface area contributed by atoms with Gasteiger partial charge in [0.25, 0.3) is 0 Å². The Labute approximate surface area is 96.5 Å². The molecule has 0 aliphatic carbocycles. The molecule has 0 aliphatic heterocycles. The van der Waals surface area contributed by atoms with Gasteiger partial charge in [-0.2, -0.15) is 0 Å². The van der Waals surface area contributed by atoms with Crippen molar-refractivity contribution >= 4 is 0 Å². The lowest BCUT2D eigenvalue weighted by Crippen LogP contribution is -1.95. The Morgan fingerprint density at radius 1 is 1.06 bits per heavy atom. The number of hydrogen-bond acceptors (Lipinski definition) is 1. The van der Waals surface area contributed by atoms with E-state index in [0.717, 1.165) is 11.4 Å². The van der Waals surface area contributed by atoms with Gasteiger partial charge in [-0.05, 0) is 55.2 Å². The fourth-order valence-electron chi connectivity index (χ4n) is 1.88. The fourth-order valence-corrected chi connectivity index (χ4v) is 1.88. The SMILES string of the molecule is Cc1ccc(-c2cc(CN)c(C)[nH]2)cc1C. The highest BCUT2D eigenvalue weighted by Gasteiger charge is 2.05. The summed E-state index contributed by atoms with van der Waals surface area (Å²) >= 11 is 0. The van der Waals surface area contributed by atoms with E-state index in [0.29, 0.717) is 6.54 Å². The van der Waals surface area contributed by atoms with E-state index in [9.17, 15) is 0 Å². The van der Waals surface area contributed by atoms with Crippen LogP contribution in [0.3, 0.4) is 0 Å². The second-order valence-corrected chi connectivity index (χ2v) is 4.34. The first-order valence-corrected chi connectivity index (χ1v) is 5.58. The van der Waals surface area contributed by atoms with E-state index >= 15 is 0 Å². The molecule has 84 valence electrons. The number of aryl methyl sites for hydroxylation is 3. The van der Waals surface area contributed by atoms with Gasteiger partial charge in [0.1, 0.15) is 0 Å². The van der Waals surface area contributed by atoms with E-state index in [-0.39, 0.29) is 0 Å². The predicted octanol–water partition coefficient (Wildman–Crippen LogP) is 3.07. The average Bonchev–Trinajstić information content (AvgIpc) is 2.64. The van der Waals surface area contributed by atoms with Crippen molar-refractivity contribution in [1.82, 2.24) is 4.98 Å². The van der Waals surface area contributed by atoms with Crippen LogP contribution >= 0.6 is 0 Å². The van der Waals surface area contributed by atoms with Crippen LogP contribution in [-0.2, 0) is 6.54 Å². The Morgan fingerprint density at radius 2 is 1.81 bits per heavy atom. The molecule has 1 heterocycles. The van der Waals surface area contributed by atoms with Crippen LogP contribution in [-0.4, -0.2) is 4.98 Å². The lowest BCUT2D eigenvalue weighted by Gasteiger charge is -2.03. The molecule has 1 aromatic carbocycles. The van der Waals surface area contributed by atoms with Crippen molar-refractivity contribution in [1.29, 1.82) is 0 Å². The van der Waals surface area contributed by atoms with Crippen molar-refractivity contribution in [3.63, 3.8) is 0 Å². The molecule has 0 saturated heterocycles. The van der Waals surface area contributed by atoms with Crippen LogP contribution in [0.1, 0.15) is 22.4 Å². The fraction of sp³-hybridized carbons (Fsp3) is 0.286. The molecule has 0 unspecified atom stereocenters. The lowest BCUT2D eigenvalue weighted by molar-refractivity contribution is 1.04. The molecule has 2 heteroatoms. The average molecular weight is 214 g/mol. The molecule has 0 fully saturated rings. The lowest BCUT2D eigenvalue weighted by atomic mass is 10.0. The highest BCUT2D eigenvalue weighted by Crippen LogP contribution is 2.23. The van der Waals surface area contributed by atoms with Crippen molar-refractivity contribution in [2.24, 2.45) is 5.73 Å². The molecule has 0 amide bonds. The number of aromatic nitrogens is 1. The molecule has 0 saturated carbocycles. The summed E-state index contributed by atoms with van der Waals surface area (Å²) in [5, 5.41) is 0. The molecular formula is C14H18N2. The van der Waals surface area contributed by atoms with Gasteiger partial charge in [-0.15, -0.1) is 0 Å². The first-order chi connectivity index (χ1) is 7.61. The summed E-state index contributed by atoms with van der Waals surface area (Å²) in [5.74, 6) is 0. The van der Waals surface area contributed by atoms with Crippen molar-refractivity contribution in [3.05, 3.63) is 46.6 Å². The molecule has 2 aromatic rings. The van der Waals surface area contributed by atoms with E-state index in [1.165, 1.54) is 22.3 Å². The number of nitrogens with one attached hydrogen (secondary N) is 1. The second kappa shape index (κ2) is 4.14. The molecular weight excluding hydrogens is 196 g/mol. The first-order valence-electron chi connectivity index (χ1n) is 5.58. The minimum Gasteiger partial charge on any atom is -0.358 e. The Balaban J connectivity index is 2.46. The minimum atomic E-state index is 0.590. The highest BCUT2D eigenvalue weighted by atomic mass is 14.7. The summed E-state index contributed by atoms with van der Waals surface area (Å²) in [6.45, 7) is 6.92. The van der Waals surface area contributed by atoms with Gasteiger partial charge in [0, 0.05) is 17.9 Å². The molecule has 0 radical (unpaired) electrons. The van der Waals surface area contributed by atoms with Crippen molar-refractivity contribution in [2.75, 3.05) is 0 Å². The summed E-state index contributed by atoms with van der Waals surface area (Å²) in [5.41, 5.74) is 13.1. The second-order valence-electron chi connectivity index (χ2n) is 4.34. The summed E-state index contributed by atoms with van der Waals surface area (Å²) in [6, 6.07) is 8.65. The molecule has 0 spiro atoms. The van der Waals surface area contributed by atoms with Gasteiger partial charge in [-0.25, -0.2) is 0 Å². The van der Waals surface area contributed by atoms with Gasteiger partial charge in [-0.1, -0.05) is 12.1 Å². The summed E-state index contributed by atoms with van der Waals surface area (Å²) < 4.78 is 0. The van der Waals surface area contributed by atoms with Crippen LogP contribution in [0.2, 0.25) is 0 Å². The summed E-state index contributed by atoms with van der Waals surface area (Å²) in [4.78, 5) is 3.38.